The summed E-state index contributed by atoms with van der Waals surface area (Å²) in [6, 6.07) is 9.33. The molecular weight excluding hydrogens is 471 g/mol. The van der Waals surface area contributed by atoms with Gasteiger partial charge >= 0.3 is 6.18 Å². The number of hydrogen-bond acceptors (Lipinski definition) is 5. The van der Waals surface area contributed by atoms with E-state index in [1.165, 1.54) is 18.4 Å². The zero-order chi connectivity index (χ0) is 24.0. The van der Waals surface area contributed by atoms with Gasteiger partial charge in [0.2, 0.25) is 0 Å². The second-order valence-corrected chi connectivity index (χ2v) is 8.54. The van der Waals surface area contributed by atoms with E-state index >= 15 is 0 Å². The minimum absolute atomic E-state index is 0.181. The second-order valence-electron chi connectivity index (χ2n) is 8.11. The molecule has 4 aromatic rings. The summed E-state index contributed by atoms with van der Waals surface area (Å²) < 4.78 is 44.0. The van der Waals surface area contributed by atoms with Gasteiger partial charge in [-0.25, -0.2) is 4.98 Å². The number of rotatable bonds is 3. The molecule has 2 aromatic heterocycles. The van der Waals surface area contributed by atoms with Crippen LogP contribution in [0.1, 0.15) is 22.4 Å². The van der Waals surface area contributed by atoms with Crippen molar-refractivity contribution in [1.29, 1.82) is 0 Å². The molecule has 1 aliphatic heterocycles. The average Bonchev–Trinajstić information content (AvgIpc) is 2.81. The molecule has 0 saturated heterocycles. The maximum atomic E-state index is 12.9. The van der Waals surface area contributed by atoms with Crippen molar-refractivity contribution in [3.8, 4) is 11.4 Å². The quantitative estimate of drug-likeness (QED) is 0.450. The van der Waals surface area contributed by atoms with Gasteiger partial charge in [0.25, 0.3) is 5.56 Å². The highest BCUT2D eigenvalue weighted by Gasteiger charge is 2.30. The lowest BCUT2D eigenvalue weighted by molar-refractivity contribution is -0.137. The second kappa shape index (κ2) is 8.41. The number of halogens is 4. The Bertz CT molecular complexity index is 1510. The average molecular weight is 488 g/mol. The summed E-state index contributed by atoms with van der Waals surface area (Å²) >= 11 is 6.01. The Labute approximate surface area is 195 Å². The number of H-pyrrole nitrogens is 1. The van der Waals surface area contributed by atoms with Gasteiger partial charge in [0.1, 0.15) is 11.4 Å². The van der Waals surface area contributed by atoms with Crippen LogP contribution in [0, 0.1) is 0 Å². The van der Waals surface area contributed by atoms with E-state index in [9.17, 15) is 22.8 Å². The van der Waals surface area contributed by atoms with Gasteiger partial charge in [0.05, 0.1) is 28.5 Å². The standard InChI is InChI=1S/C24H17ClF3N3O3/c25-16-5-6-20-17(9-16)21(32)14(12-34-20)10-31-8-7-19-18(11-31)23(33)30-22(29-19)13-1-3-15(4-2-13)24(26,27)28/h1-6,9,12H,7-8,10-11H2,(H,29,30,33). The van der Waals surface area contributed by atoms with Crippen LogP contribution in [0.15, 0.2) is 62.7 Å². The van der Waals surface area contributed by atoms with Crippen molar-refractivity contribution in [2.24, 2.45) is 0 Å². The molecule has 0 saturated carbocycles. The molecule has 1 N–H and O–H groups in total. The third-order valence-corrected chi connectivity index (χ3v) is 6.07. The zero-order valence-corrected chi connectivity index (χ0v) is 18.3. The first-order valence-electron chi connectivity index (χ1n) is 10.4. The Morgan fingerprint density at radius 3 is 2.62 bits per heavy atom. The number of nitrogens with zero attached hydrogens (tertiary/aromatic N) is 2. The third-order valence-electron chi connectivity index (χ3n) is 5.83. The highest BCUT2D eigenvalue weighted by Crippen LogP contribution is 2.30. The minimum Gasteiger partial charge on any atom is -0.464 e. The van der Waals surface area contributed by atoms with Gasteiger partial charge in [-0.05, 0) is 30.3 Å². The first-order valence-corrected chi connectivity index (χ1v) is 10.8. The number of alkyl halides is 3. The van der Waals surface area contributed by atoms with E-state index in [1.807, 2.05) is 4.90 Å². The molecular formula is C24H17ClF3N3O3. The molecule has 10 heteroatoms. The van der Waals surface area contributed by atoms with Crippen molar-refractivity contribution in [2.45, 2.75) is 25.7 Å². The molecule has 0 amide bonds. The van der Waals surface area contributed by atoms with E-state index < -0.39 is 11.7 Å². The fourth-order valence-corrected chi connectivity index (χ4v) is 4.24. The van der Waals surface area contributed by atoms with Crippen molar-refractivity contribution in [3.05, 3.63) is 96.7 Å². The molecule has 0 fully saturated rings. The Balaban J connectivity index is 1.39. The van der Waals surface area contributed by atoms with E-state index in [-0.39, 0.29) is 29.9 Å². The van der Waals surface area contributed by atoms with Gasteiger partial charge in [0, 0.05) is 42.2 Å². The Morgan fingerprint density at radius 1 is 1.12 bits per heavy atom. The van der Waals surface area contributed by atoms with Crippen LogP contribution in [0.25, 0.3) is 22.4 Å². The van der Waals surface area contributed by atoms with Gasteiger partial charge < -0.3 is 9.40 Å². The highest BCUT2D eigenvalue weighted by atomic mass is 35.5. The smallest absolute Gasteiger partial charge is 0.416 e. The maximum absolute atomic E-state index is 12.9. The minimum atomic E-state index is -4.44. The Hall–Kier alpha value is -3.43. The molecule has 6 nitrogen and oxygen atoms in total. The number of aromatic amines is 1. The van der Waals surface area contributed by atoms with Crippen LogP contribution in [-0.2, 0) is 25.7 Å². The van der Waals surface area contributed by atoms with E-state index in [0.29, 0.717) is 51.3 Å². The fourth-order valence-electron chi connectivity index (χ4n) is 4.06. The van der Waals surface area contributed by atoms with Gasteiger partial charge in [-0.2, -0.15) is 13.2 Å². The van der Waals surface area contributed by atoms with E-state index in [4.69, 9.17) is 16.0 Å². The van der Waals surface area contributed by atoms with Crippen LogP contribution in [0.3, 0.4) is 0 Å². The summed E-state index contributed by atoms with van der Waals surface area (Å²) in [5.74, 6) is 0.220. The summed E-state index contributed by atoms with van der Waals surface area (Å²) in [5.41, 5.74) is 1.03. The maximum Gasteiger partial charge on any atom is 0.416 e. The predicted octanol–water partition coefficient (Wildman–Crippen LogP) is 4.77. The molecule has 5 rings (SSSR count). The zero-order valence-electron chi connectivity index (χ0n) is 17.6. The lowest BCUT2D eigenvalue weighted by Gasteiger charge is -2.27. The summed E-state index contributed by atoms with van der Waals surface area (Å²) in [4.78, 5) is 34.7. The van der Waals surface area contributed by atoms with Crippen molar-refractivity contribution < 1.29 is 17.6 Å². The molecule has 34 heavy (non-hydrogen) atoms. The van der Waals surface area contributed by atoms with Crippen molar-refractivity contribution in [2.75, 3.05) is 6.54 Å². The molecule has 0 unspecified atom stereocenters. The monoisotopic (exact) mass is 487 g/mol. The van der Waals surface area contributed by atoms with Crippen molar-refractivity contribution in [3.63, 3.8) is 0 Å². The van der Waals surface area contributed by atoms with Crippen LogP contribution in [0.5, 0.6) is 0 Å². The largest absolute Gasteiger partial charge is 0.464 e. The normalized spacial score (nSPS) is 14.4. The Morgan fingerprint density at radius 2 is 1.88 bits per heavy atom. The van der Waals surface area contributed by atoms with Crippen LogP contribution in [0.4, 0.5) is 13.2 Å². The van der Waals surface area contributed by atoms with Crippen LogP contribution in [-0.4, -0.2) is 21.4 Å². The fraction of sp³-hybridized carbons (Fsp3) is 0.208. The molecule has 0 aliphatic carbocycles. The summed E-state index contributed by atoms with van der Waals surface area (Å²) in [5, 5.41) is 0.827. The summed E-state index contributed by atoms with van der Waals surface area (Å²) in [6.07, 6.45) is -2.56. The third kappa shape index (κ3) is 4.24. The summed E-state index contributed by atoms with van der Waals surface area (Å²) in [6.45, 7) is 1.10. The number of hydrogen-bond donors (Lipinski definition) is 1. The first-order chi connectivity index (χ1) is 16.2. The van der Waals surface area contributed by atoms with Crippen LogP contribution >= 0.6 is 11.6 Å². The molecule has 2 aromatic carbocycles. The number of aromatic nitrogens is 2. The van der Waals surface area contributed by atoms with Gasteiger partial charge in [0.15, 0.2) is 5.43 Å². The van der Waals surface area contributed by atoms with Crippen LogP contribution in [0.2, 0.25) is 5.02 Å². The van der Waals surface area contributed by atoms with Gasteiger partial charge in [-0.1, -0.05) is 23.7 Å². The predicted molar refractivity (Wildman–Crippen MR) is 121 cm³/mol. The van der Waals surface area contributed by atoms with Crippen LogP contribution < -0.4 is 11.0 Å². The van der Waals surface area contributed by atoms with Crippen molar-refractivity contribution in [1.82, 2.24) is 14.9 Å². The molecule has 174 valence electrons. The topological polar surface area (TPSA) is 79.2 Å². The van der Waals surface area contributed by atoms with E-state index in [2.05, 4.69) is 9.97 Å². The lowest BCUT2D eigenvalue weighted by Crippen LogP contribution is -2.36. The van der Waals surface area contributed by atoms with Gasteiger partial charge in [-0.3, -0.25) is 14.5 Å². The number of fused-ring (bicyclic) bond motifs is 2. The highest BCUT2D eigenvalue weighted by molar-refractivity contribution is 6.31. The SMILES string of the molecule is O=c1[nH]c(-c2ccc(C(F)(F)F)cc2)nc2c1CN(Cc1coc3ccc(Cl)cc3c1=O)CC2. The van der Waals surface area contributed by atoms with Crippen molar-refractivity contribution >= 4 is 22.6 Å². The molecule has 1 aliphatic rings. The Kier molecular flexibility index (Phi) is 5.53. The molecule has 0 spiro atoms. The van der Waals surface area contributed by atoms with E-state index in [1.54, 1.807) is 18.2 Å². The molecule has 0 atom stereocenters. The number of benzene rings is 2. The first kappa shape index (κ1) is 22.4. The lowest BCUT2D eigenvalue weighted by atomic mass is 10.0. The number of nitrogens with one attached hydrogen (secondary N) is 1. The van der Waals surface area contributed by atoms with E-state index in [0.717, 1.165) is 12.1 Å². The van der Waals surface area contributed by atoms with Gasteiger partial charge in [-0.15, -0.1) is 0 Å². The molecule has 0 radical (unpaired) electrons. The molecule has 3 heterocycles. The summed E-state index contributed by atoms with van der Waals surface area (Å²) in [7, 11) is 0. The molecule has 0 bridgehead atoms.